The second-order valence-corrected chi connectivity index (χ2v) is 5.11. The lowest BCUT2D eigenvalue weighted by molar-refractivity contribution is 0.338. The zero-order chi connectivity index (χ0) is 13.0. The molecule has 0 bridgehead atoms. The van der Waals surface area contributed by atoms with Crippen LogP contribution in [0.4, 0.5) is 4.39 Å². The van der Waals surface area contributed by atoms with Gasteiger partial charge in [0.15, 0.2) is 0 Å². The van der Waals surface area contributed by atoms with Crippen molar-refractivity contribution in [1.29, 1.82) is 0 Å². The molecule has 0 amide bonds. The second kappa shape index (κ2) is 6.19. The molecule has 0 spiro atoms. The molecule has 0 aromatic heterocycles. The molecule has 0 saturated heterocycles. The molecule has 1 N–H and O–H groups in total. The van der Waals surface area contributed by atoms with Crippen molar-refractivity contribution >= 4 is 0 Å². The van der Waals surface area contributed by atoms with E-state index in [0.29, 0.717) is 6.04 Å². The fourth-order valence-corrected chi connectivity index (χ4v) is 2.76. The van der Waals surface area contributed by atoms with Crippen LogP contribution in [0.1, 0.15) is 50.6 Å². The molecule has 1 aliphatic carbocycles. The van der Waals surface area contributed by atoms with E-state index in [1.54, 1.807) is 19.2 Å². The Morgan fingerprint density at radius 1 is 1.28 bits per heavy atom. The summed E-state index contributed by atoms with van der Waals surface area (Å²) in [6.45, 7) is 2.08. The summed E-state index contributed by atoms with van der Waals surface area (Å²) in [5.74, 6) is 0.551. The molecular weight excluding hydrogens is 229 g/mol. The first-order chi connectivity index (χ1) is 8.70. The van der Waals surface area contributed by atoms with Gasteiger partial charge in [0.05, 0.1) is 7.11 Å². The Balaban J connectivity index is 2.07. The van der Waals surface area contributed by atoms with Gasteiger partial charge in [0, 0.05) is 17.6 Å². The normalized spacial score (nSPS) is 18.6. The molecule has 2 rings (SSSR count). The summed E-state index contributed by atoms with van der Waals surface area (Å²) >= 11 is 0. The maximum Gasteiger partial charge on any atom is 0.123 e. The zero-order valence-electron chi connectivity index (χ0n) is 11.2. The quantitative estimate of drug-likeness (QED) is 0.878. The van der Waals surface area contributed by atoms with Crippen LogP contribution in [0, 0.1) is 5.82 Å². The highest BCUT2D eigenvalue weighted by Crippen LogP contribution is 2.28. The van der Waals surface area contributed by atoms with Gasteiger partial charge in [-0.25, -0.2) is 4.39 Å². The van der Waals surface area contributed by atoms with Crippen molar-refractivity contribution < 1.29 is 9.13 Å². The van der Waals surface area contributed by atoms with E-state index < -0.39 is 0 Å². The molecule has 2 nitrogen and oxygen atoms in total. The van der Waals surface area contributed by atoms with Crippen molar-refractivity contribution in [2.45, 2.75) is 51.1 Å². The Morgan fingerprint density at radius 3 is 2.67 bits per heavy atom. The van der Waals surface area contributed by atoms with Gasteiger partial charge >= 0.3 is 0 Å². The van der Waals surface area contributed by atoms with Gasteiger partial charge in [0.2, 0.25) is 0 Å². The highest BCUT2D eigenvalue weighted by atomic mass is 19.1. The van der Waals surface area contributed by atoms with Crippen LogP contribution in [0.25, 0.3) is 0 Å². The van der Waals surface area contributed by atoms with Crippen molar-refractivity contribution in [2.75, 3.05) is 7.11 Å². The van der Waals surface area contributed by atoms with E-state index in [1.807, 2.05) is 0 Å². The van der Waals surface area contributed by atoms with Crippen LogP contribution in [0.3, 0.4) is 0 Å². The van der Waals surface area contributed by atoms with Gasteiger partial charge in [0.1, 0.15) is 11.6 Å². The number of halogens is 1. The molecule has 3 heteroatoms. The minimum atomic E-state index is -0.205. The third-order valence-corrected chi connectivity index (χ3v) is 3.75. The van der Waals surface area contributed by atoms with Gasteiger partial charge in [-0.05, 0) is 38.0 Å². The number of ether oxygens (including phenoxy) is 1. The first-order valence-electron chi connectivity index (χ1n) is 6.80. The molecule has 18 heavy (non-hydrogen) atoms. The van der Waals surface area contributed by atoms with Crippen molar-refractivity contribution in [3.63, 3.8) is 0 Å². The Kier molecular flexibility index (Phi) is 4.59. The molecule has 0 radical (unpaired) electrons. The molecule has 0 heterocycles. The Morgan fingerprint density at radius 2 is 2.00 bits per heavy atom. The number of nitrogens with one attached hydrogen (secondary N) is 1. The Labute approximate surface area is 109 Å². The van der Waals surface area contributed by atoms with Gasteiger partial charge < -0.3 is 10.1 Å². The van der Waals surface area contributed by atoms with Crippen LogP contribution >= 0.6 is 0 Å². The average Bonchev–Trinajstić information content (AvgIpc) is 2.40. The van der Waals surface area contributed by atoms with Gasteiger partial charge in [-0.1, -0.05) is 19.3 Å². The molecule has 1 unspecified atom stereocenters. The van der Waals surface area contributed by atoms with Crippen molar-refractivity contribution in [1.82, 2.24) is 5.32 Å². The lowest BCUT2D eigenvalue weighted by Gasteiger charge is -2.27. The molecule has 100 valence electrons. The van der Waals surface area contributed by atoms with Crippen LogP contribution < -0.4 is 10.1 Å². The van der Waals surface area contributed by atoms with E-state index in [0.717, 1.165) is 11.3 Å². The first-order valence-corrected chi connectivity index (χ1v) is 6.80. The summed E-state index contributed by atoms with van der Waals surface area (Å²) in [6.07, 6.45) is 6.38. The SMILES string of the molecule is COc1ccc(F)cc1C(C)NC1CCCCC1. The second-order valence-electron chi connectivity index (χ2n) is 5.11. The molecule has 1 saturated carbocycles. The molecule has 1 aromatic rings. The fourth-order valence-electron chi connectivity index (χ4n) is 2.76. The lowest BCUT2D eigenvalue weighted by atomic mass is 9.94. The van der Waals surface area contributed by atoms with Crippen LogP contribution in [0.15, 0.2) is 18.2 Å². The summed E-state index contributed by atoms with van der Waals surface area (Å²) in [5, 5.41) is 3.59. The number of benzene rings is 1. The lowest BCUT2D eigenvalue weighted by Crippen LogP contribution is -2.33. The monoisotopic (exact) mass is 251 g/mol. The molecular formula is C15H22FNO. The van der Waals surface area contributed by atoms with Gasteiger partial charge in [0.25, 0.3) is 0 Å². The predicted octanol–water partition coefficient (Wildman–Crippen LogP) is 3.82. The standard InChI is InChI=1S/C15H22FNO/c1-11(17-13-6-4-3-5-7-13)14-10-12(16)8-9-15(14)18-2/h8-11,13,17H,3-7H2,1-2H3. The van der Waals surface area contributed by atoms with Crippen LogP contribution in [-0.4, -0.2) is 13.2 Å². The third-order valence-electron chi connectivity index (χ3n) is 3.75. The molecule has 1 aliphatic rings. The van der Waals surface area contributed by atoms with E-state index >= 15 is 0 Å². The summed E-state index contributed by atoms with van der Waals surface area (Å²) in [6, 6.07) is 5.39. The third kappa shape index (κ3) is 3.22. The van der Waals surface area contributed by atoms with E-state index in [2.05, 4.69) is 12.2 Å². The minimum absolute atomic E-state index is 0.124. The Bertz CT molecular complexity index is 388. The highest BCUT2D eigenvalue weighted by Gasteiger charge is 2.18. The smallest absolute Gasteiger partial charge is 0.123 e. The molecule has 1 aromatic carbocycles. The van der Waals surface area contributed by atoms with Crippen LogP contribution in [0.5, 0.6) is 5.75 Å². The summed E-state index contributed by atoms with van der Waals surface area (Å²) in [4.78, 5) is 0. The maximum absolute atomic E-state index is 13.3. The fraction of sp³-hybridized carbons (Fsp3) is 0.600. The van der Waals surface area contributed by atoms with E-state index in [9.17, 15) is 4.39 Å². The molecule has 0 aliphatic heterocycles. The predicted molar refractivity (Wildman–Crippen MR) is 71.4 cm³/mol. The number of hydrogen-bond donors (Lipinski definition) is 1. The van der Waals surface area contributed by atoms with E-state index in [4.69, 9.17) is 4.74 Å². The summed E-state index contributed by atoms with van der Waals surface area (Å²) in [7, 11) is 1.63. The van der Waals surface area contributed by atoms with E-state index in [-0.39, 0.29) is 11.9 Å². The largest absolute Gasteiger partial charge is 0.496 e. The average molecular weight is 251 g/mol. The molecule has 1 atom stereocenters. The van der Waals surface area contributed by atoms with Gasteiger partial charge in [-0.2, -0.15) is 0 Å². The number of hydrogen-bond acceptors (Lipinski definition) is 2. The van der Waals surface area contributed by atoms with Crippen LogP contribution in [0.2, 0.25) is 0 Å². The minimum Gasteiger partial charge on any atom is -0.496 e. The van der Waals surface area contributed by atoms with Crippen molar-refractivity contribution in [2.24, 2.45) is 0 Å². The highest BCUT2D eigenvalue weighted by molar-refractivity contribution is 5.36. The first kappa shape index (κ1) is 13.3. The zero-order valence-corrected chi connectivity index (χ0v) is 11.2. The molecule has 1 fully saturated rings. The van der Waals surface area contributed by atoms with Gasteiger partial charge in [-0.3, -0.25) is 0 Å². The van der Waals surface area contributed by atoms with Crippen LogP contribution in [-0.2, 0) is 0 Å². The van der Waals surface area contributed by atoms with Crippen molar-refractivity contribution in [3.8, 4) is 5.75 Å². The summed E-state index contributed by atoms with van der Waals surface area (Å²) in [5.41, 5.74) is 0.906. The number of rotatable bonds is 4. The number of methoxy groups -OCH3 is 1. The van der Waals surface area contributed by atoms with E-state index in [1.165, 1.54) is 38.2 Å². The summed E-state index contributed by atoms with van der Waals surface area (Å²) < 4.78 is 18.6. The van der Waals surface area contributed by atoms with Gasteiger partial charge in [-0.15, -0.1) is 0 Å². The topological polar surface area (TPSA) is 21.3 Å². The maximum atomic E-state index is 13.3. The van der Waals surface area contributed by atoms with Crippen molar-refractivity contribution in [3.05, 3.63) is 29.6 Å². The Hall–Kier alpha value is -1.09.